The lowest BCUT2D eigenvalue weighted by molar-refractivity contribution is 0.0600. The number of ether oxygens (including phenoxy) is 2. The van der Waals surface area contributed by atoms with Gasteiger partial charge in [-0.25, -0.2) is 4.79 Å². The molecule has 116 valence electrons. The van der Waals surface area contributed by atoms with Crippen LogP contribution in [-0.4, -0.2) is 19.6 Å². The van der Waals surface area contributed by atoms with Crippen LogP contribution in [0.15, 0.2) is 48.5 Å². The van der Waals surface area contributed by atoms with Gasteiger partial charge in [0.05, 0.1) is 12.7 Å². The van der Waals surface area contributed by atoms with Crippen LogP contribution < -0.4 is 10.1 Å². The zero-order valence-corrected chi connectivity index (χ0v) is 13.3. The highest BCUT2D eigenvalue weighted by atomic mass is 32.1. The summed E-state index contributed by atoms with van der Waals surface area (Å²) in [5.74, 6) is 0.381. The molecule has 0 radical (unpaired) electrons. The highest BCUT2D eigenvalue weighted by Crippen LogP contribution is 2.29. The fraction of sp³-hybridized carbons (Fsp3) is 0.235. The van der Waals surface area contributed by atoms with Gasteiger partial charge in [0.2, 0.25) is 0 Å². The monoisotopic (exact) mass is 317 g/mol. The van der Waals surface area contributed by atoms with Crippen molar-refractivity contribution in [2.24, 2.45) is 0 Å². The Bertz CT molecular complexity index is 646. The van der Waals surface area contributed by atoms with Crippen LogP contribution in [-0.2, 0) is 11.3 Å². The average Bonchev–Trinajstić information content (AvgIpc) is 2.76. The number of hydrogen-bond donors (Lipinski definition) is 1. The van der Waals surface area contributed by atoms with Gasteiger partial charge in [0.15, 0.2) is 0 Å². The Balaban J connectivity index is 0.00000176. The van der Waals surface area contributed by atoms with Gasteiger partial charge >= 0.3 is 5.97 Å². The summed E-state index contributed by atoms with van der Waals surface area (Å²) in [4.78, 5) is 11.6. The third-order valence-electron chi connectivity index (χ3n) is 3.57. The molecule has 0 fully saturated rings. The molecule has 0 aliphatic carbocycles. The molecule has 0 aromatic heterocycles. The van der Waals surface area contributed by atoms with Crippen molar-refractivity contribution in [1.29, 1.82) is 0 Å². The third kappa shape index (κ3) is 3.43. The Kier molecular flexibility index (Phi) is 5.46. The molecule has 0 bridgehead atoms. The quantitative estimate of drug-likeness (QED) is 0.865. The van der Waals surface area contributed by atoms with E-state index in [2.05, 4.69) is 5.32 Å². The van der Waals surface area contributed by atoms with Gasteiger partial charge in [0.25, 0.3) is 0 Å². The van der Waals surface area contributed by atoms with E-state index in [0.717, 1.165) is 30.0 Å². The smallest absolute Gasteiger partial charge is 0.337 e. The second kappa shape index (κ2) is 7.33. The number of esters is 1. The topological polar surface area (TPSA) is 47.6 Å². The molecule has 1 atom stereocenters. The minimum Gasteiger partial charge on any atom is -0.484 e. The Morgan fingerprint density at radius 1 is 1.23 bits per heavy atom. The standard InChI is InChI=1S/C17H17NO3.H2S/c1-20-17(19)13-7-8-14-10-18-11-16(21-15(14)9-13)12-5-3-2-4-6-12;/h2-9,16,18H,10-11H2,1H3;1H2/t16-;/m0./s1. The predicted octanol–water partition coefficient (Wildman–Crippen LogP) is 2.81. The van der Waals surface area contributed by atoms with E-state index in [4.69, 9.17) is 9.47 Å². The summed E-state index contributed by atoms with van der Waals surface area (Å²) >= 11 is 0. The Hall–Kier alpha value is -1.98. The first kappa shape index (κ1) is 16.4. The van der Waals surface area contributed by atoms with Gasteiger partial charge in [0.1, 0.15) is 11.9 Å². The number of benzene rings is 2. The van der Waals surface area contributed by atoms with E-state index in [1.54, 1.807) is 12.1 Å². The first-order valence-corrected chi connectivity index (χ1v) is 6.91. The molecule has 0 unspecified atom stereocenters. The highest BCUT2D eigenvalue weighted by molar-refractivity contribution is 7.59. The van der Waals surface area contributed by atoms with Crippen LogP contribution in [0.5, 0.6) is 5.75 Å². The molecule has 22 heavy (non-hydrogen) atoms. The lowest BCUT2D eigenvalue weighted by atomic mass is 10.1. The van der Waals surface area contributed by atoms with Gasteiger partial charge in [-0.05, 0) is 17.7 Å². The van der Waals surface area contributed by atoms with Crippen LogP contribution in [0.3, 0.4) is 0 Å². The number of nitrogens with one attached hydrogen (secondary N) is 1. The summed E-state index contributed by atoms with van der Waals surface area (Å²) in [5.41, 5.74) is 2.66. The number of carbonyl (C=O) groups is 1. The van der Waals surface area contributed by atoms with Crippen LogP contribution >= 0.6 is 13.5 Å². The first-order chi connectivity index (χ1) is 10.3. The highest BCUT2D eigenvalue weighted by Gasteiger charge is 2.20. The van der Waals surface area contributed by atoms with Crippen LogP contribution in [0.1, 0.15) is 27.6 Å². The molecule has 0 spiro atoms. The van der Waals surface area contributed by atoms with Crippen molar-refractivity contribution in [3.05, 3.63) is 65.2 Å². The molecule has 0 amide bonds. The van der Waals surface area contributed by atoms with E-state index in [0.29, 0.717) is 5.56 Å². The summed E-state index contributed by atoms with van der Waals surface area (Å²) in [6.07, 6.45) is -0.0691. The van der Waals surface area contributed by atoms with Crippen molar-refractivity contribution in [1.82, 2.24) is 5.32 Å². The van der Waals surface area contributed by atoms with E-state index in [-0.39, 0.29) is 25.6 Å². The summed E-state index contributed by atoms with van der Waals surface area (Å²) in [6.45, 7) is 1.45. The van der Waals surface area contributed by atoms with Crippen molar-refractivity contribution < 1.29 is 14.3 Å². The van der Waals surface area contributed by atoms with E-state index < -0.39 is 0 Å². The van der Waals surface area contributed by atoms with Gasteiger partial charge in [0, 0.05) is 18.7 Å². The van der Waals surface area contributed by atoms with Crippen molar-refractivity contribution >= 4 is 19.5 Å². The van der Waals surface area contributed by atoms with Crippen LogP contribution in [0.25, 0.3) is 0 Å². The zero-order valence-electron chi connectivity index (χ0n) is 12.3. The molecule has 1 aliphatic rings. The maximum atomic E-state index is 11.6. The molecule has 4 nitrogen and oxygen atoms in total. The fourth-order valence-electron chi connectivity index (χ4n) is 2.44. The molecular formula is C17H19NO3S. The van der Waals surface area contributed by atoms with Crippen molar-refractivity contribution in [3.8, 4) is 5.75 Å². The number of hydrogen-bond acceptors (Lipinski definition) is 4. The lowest BCUT2D eigenvalue weighted by Crippen LogP contribution is -2.21. The van der Waals surface area contributed by atoms with Gasteiger partial charge in [-0.1, -0.05) is 36.4 Å². The average molecular weight is 317 g/mol. The molecule has 1 aliphatic heterocycles. The second-order valence-corrected chi connectivity index (χ2v) is 4.96. The number of fused-ring (bicyclic) bond motifs is 1. The second-order valence-electron chi connectivity index (χ2n) is 4.96. The number of carbonyl (C=O) groups excluding carboxylic acids is 1. The summed E-state index contributed by atoms with van der Waals surface area (Å²) in [7, 11) is 1.38. The number of methoxy groups -OCH3 is 1. The normalized spacial score (nSPS) is 16.5. The third-order valence-corrected chi connectivity index (χ3v) is 3.57. The Morgan fingerprint density at radius 2 is 2.00 bits per heavy atom. The fourth-order valence-corrected chi connectivity index (χ4v) is 2.44. The minimum atomic E-state index is -0.352. The molecule has 1 N–H and O–H groups in total. The molecular weight excluding hydrogens is 298 g/mol. The molecule has 2 aromatic carbocycles. The first-order valence-electron chi connectivity index (χ1n) is 6.91. The van der Waals surface area contributed by atoms with Gasteiger partial charge in [-0.15, -0.1) is 0 Å². The SMILES string of the molecule is COC(=O)c1ccc2c(c1)O[C@H](c1ccccc1)CNC2.S. The van der Waals surface area contributed by atoms with Gasteiger partial charge < -0.3 is 14.8 Å². The Labute approximate surface area is 136 Å². The molecule has 2 aromatic rings. The van der Waals surface area contributed by atoms with E-state index in [1.165, 1.54) is 7.11 Å². The summed E-state index contributed by atoms with van der Waals surface area (Å²) in [5, 5.41) is 3.37. The molecule has 0 saturated carbocycles. The maximum absolute atomic E-state index is 11.6. The number of rotatable bonds is 2. The van der Waals surface area contributed by atoms with Crippen molar-refractivity contribution in [2.45, 2.75) is 12.6 Å². The van der Waals surface area contributed by atoms with Gasteiger partial charge in [-0.3, -0.25) is 0 Å². The van der Waals surface area contributed by atoms with Crippen molar-refractivity contribution in [2.75, 3.05) is 13.7 Å². The summed E-state index contributed by atoms with van der Waals surface area (Å²) in [6, 6.07) is 15.5. The van der Waals surface area contributed by atoms with Crippen molar-refractivity contribution in [3.63, 3.8) is 0 Å². The van der Waals surface area contributed by atoms with Crippen LogP contribution in [0.2, 0.25) is 0 Å². The minimum absolute atomic E-state index is 0. The van der Waals surface area contributed by atoms with Crippen LogP contribution in [0.4, 0.5) is 0 Å². The Morgan fingerprint density at radius 3 is 2.73 bits per heavy atom. The predicted molar refractivity (Wildman–Crippen MR) is 89.7 cm³/mol. The summed E-state index contributed by atoms with van der Waals surface area (Å²) < 4.78 is 10.9. The van der Waals surface area contributed by atoms with E-state index >= 15 is 0 Å². The molecule has 1 heterocycles. The maximum Gasteiger partial charge on any atom is 0.337 e. The zero-order chi connectivity index (χ0) is 14.7. The molecule has 3 rings (SSSR count). The van der Waals surface area contributed by atoms with E-state index in [1.807, 2.05) is 36.4 Å². The lowest BCUT2D eigenvalue weighted by Gasteiger charge is -2.18. The molecule has 5 heteroatoms. The van der Waals surface area contributed by atoms with Gasteiger partial charge in [-0.2, -0.15) is 13.5 Å². The van der Waals surface area contributed by atoms with E-state index in [9.17, 15) is 4.79 Å². The largest absolute Gasteiger partial charge is 0.484 e. The molecule has 0 saturated heterocycles. The van der Waals surface area contributed by atoms with Crippen LogP contribution in [0, 0.1) is 0 Å².